The second-order valence-electron chi connectivity index (χ2n) is 7.42. The van der Waals surface area contributed by atoms with Crippen molar-refractivity contribution in [2.75, 3.05) is 13.7 Å². The summed E-state index contributed by atoms with van der Waals surface area (Å²) >= 11 is 0. The molecule has 8 nitrogen and oxygen atoms in total. The van der Waals surface area contributed by atoms with Crippen molar-refractivity contribution in [1.82, 2.24) is 14.9 Å². The Hall–Kier alpha value is -3.52. The summed E-state index contributed by atoms with van der Waals surface area (Å²) in [5.74, 6) is 1.15. The van der Waals surface area contributed by atoms with Gasteiger partial charge in [-0.15, -0.1) is 0 Å². The third-order valence-electron chi connectivity index (χ3n) is 5.35. The predicted octanol–water partition coefficient (Wildman–Crippen LogP) is 3.22. The number of aromatic nitrogens is 2. The highest BCUT2D eigenvalue weighted by molar-refractivity contribution is 5.55. The maximum atomic E-state index is 12.6. The Labute approximate surface area is 173 Å². The summed E-state index contributed by atoms with van der Waals surface area (Å²) in [6, 6.07) is 12.4. The molecule has 0 fully saturated rings. The molecule has 0 bridgehead atoms. The molecule has 4 rings (SSSR count). The molecule has 30 heavy (non-hydrogen) atoms. The Morgan fingerprint density at radius 3 is 2.70 bits per heavy atom. The molecule has 0 saturated heterocycles. The fourth-order valence-corrected chi connectivity index (χ4v) is 3.72. The van der Waals surface area contributed by atoms with Gasteiger partial charge in [-0.2, -0.15) is 0 Å². The molecular formula is C22H22N4O4. The van der Waals surface area contributed by atoms with Crippen molar-refractivity contribution >= 4 is 5.69 Å². The van der Waals surface area contributed by atoms with E-state index in [9.17, 15) is 14.9 Å². The average Bonchev–Trinajstić information content (AvgIpc) is 2.74. The monoisotopic (exact) mass is 406 g/mol. The summed E-state index contributed by atoms with van der Waals surface area (Å²) in [4.78, 5) is 33.1. The van der Waals surface area contributed by atoms with Gasteiger partial charge in [0.25, 0.3) is 11.2 Å². The van der Waals surface area contributed by atoms with Crippen molar-refractivity contribution in [3.05, 3.63) is 85.3 Å². The molecule has 0 spiro atoms. The molecule has 1 aliphatic heterocycles. The molecule has 0 radical (unpaired) electrons. The predicted molar refractivity (Wildman–Crippen MR) is 112 cm³/mol. The number of fused-ring (bicyclic) bond motifs is 1. The van der Waals surface area contributed by atoms with E-state index in [-0.39, 0.29) is 11.2 Å². The number of hydrogen-bond acceptors (Lipinski definition) is 6. The zero-order valence-corrected chi connectivity index (χ0v) is 16.8. The first-order valence-corrected chi connectivity index (χ1v) is 9.67. The molecule has 8 heteroatoms. The first-order valence-electron chi connectivity index (χ1n) is 9.67. The van der Waals surface area contributed by atoms with E-state index in [4.69, 9.17) is 9.72 Å². The quantitative estimate of drug-likeness (QED) is 0.516. The lowest BCUT2D eigenvalue weighted by molar-refractivity contribution is -0.385. The van der Waals surface area contributed by atoms with Gasteiger partial charge in [0, 0.05) is 48.5 Å². The lowest BCUT2D eigenvalue weighted by Crippen LogP contribution is -2.35. The van der Waals surface area contributed by atoms with E-state index >= 15 is 0 Å². The Morgan fingerprint density at radius 1 is 1.23 bits per heavy atom. The zero-order valence-electron chi connectivity index (χ0n) is 16.8. The molecule has 0 atom stereocenters. The molecule has 2 heterocycles. The van der Waals surface area contributed by atoms with Gasteiger partial charge in [0.2, 0.25) is 0 Å². The lowest BCUT2D eigenvalue weighted by Gasteiger charge is -2.28. The molecule has 0 unspecified atom stereocenters. The number of rotatable bonds is 5. The van der Waals surface area contributed by atoms with E-state index in [0.29, 0.717) is 43.2 Å². The van der Waals surface area contributed by atoms with Crippen molar-refractivity contribution in [2.24, 2.45) is 0 Å². The number of hydrogen-bond donors (Lipinski definition) is 1. The van der Waals surface area contributed by atoms with Crippen LogP contribution in [-0.2, 0) is 19.5 Å². The maximum absolute atomic E-state index is 12.6. The van der Waals surface area contributed by atoms with E-state index in [1.165, 1.54) is 12.1 Å². The standard InChI is InChI=1S/C22H22N4O4/c1-14-3-5-15(6-4-14)21-23-19-13-25(10-9-18(19)22(27)24-21)12-16-11-17(26(28)29)7-8-20(16)30-2/h3-8,11H,9-10,12-13H2,1-2H3,(H,23,24,27). The lowest BCUT2D eigenvalue weighted by atomic mass is 10.0. The normalized spacial score (nSPS) is 13.7. The van der Waals surface area contributed by atoms with E-state index in [1.807, 2.05) is 31.2 Å². The minimum absolute atomic E-state index is 0.0273. The molecule has 0 aliphatic carbocycles. The number of aromatic amines is 1. The minimum atomic E-state index is -0.413. The second kappa shape index (κ2) is 8.08. The Morgan fingerprint density at radius 2 is 2.00 bits per heavy atom. The highest BCUT2D eigenvalue weighted by Crippen LogP contribution is 2.27. The van der Waals surface area contributed by atoms with Crippen LogP contribution in [0.3, 0.4) is 0 Å². The molecule has 3 aromatic rings. The number of aryl methyl sites for hydroxylation is 1. The number of ether oxygens (including phenoxy) is 1. The zero-order chi connectivity index (χ0) is 21.3. The van der Waals surface area contributed by atoms with Gasteiger partial charge in [-0.05, 0) is 19.4 Å². The van der Waals surface area contributed by atoms with Crippen molar-refractivity contribution in [3.8, 4) is 17.1 Å². The molecule has 1 aliphatic rings. The van der Waals surface area contributed by atoms with Crippen LogP contribution in [-0.4, -0.2) is 33.4 Å². The van der Waals surface area contributed by atoms with Gasteiger partial charge >= 0.3 is 0 Å². The summed E-state index contributed by atoms with van der Waals surface area (Å²) in [5.41, 5.74) is 4.09. The van der Waals surface area contributed by atoms with Crippen LogP contribution in [0.4, 0.5) is 5.69 Å². The van der Waals surface area contributed by atoms with Crippen LogP contribution in [0, 0.1) is 17.0 Å². The van der Waals surface area contributed by atoms with Crippen LogP contribution in [0.5, 0.6) is 5.75 Å². The number of H-pyrrole nitrogens is 1. The maximum Gasteiger partial charge on any atom is 0.270 e. The molecule has 0 saturated carbocycles. The first kappa shape index (κ1) is 19.8. The van der Waals surface area contributed by atoms with Gasteiger partial charge in [-0.1, -0.05) is 29.8 Å². The minimum Gasteiger partial charge on any atom is -0.496 e. The smallest absolute Gasteiger partial charge is 0.270 e. The van der Waals surface area contributed by atoms with E-state index in [2.05, 4.69) is 9.88 Å². The van der Waals surface area contributed by atoms with Crippen LogP contribution >= 0.6 is 0 Å². The number of nitrogens with zero attached hydrogens (tertiary/aromatic N) is 3. The highest BCUT2D eigenvalue weighted by Gasteiger charge is 2.23. The fourth-order valence-electron chi connectivity index (χ4n) is 3.72. The molecule has 2 aromatic carbocycles. The van der Waals surface area contributed by atoms with Gasteiger partial charge in [-0.25, -0.2) is 4.98 Å². The van der Waals surface area contributed by atoms with Crippen LogP contribution in [0.25, 0.3) is 11.4 Å². The molecule has 1 aromatic heterocycles. The average molecular weight is 406 g/mol. The van der Waals surface area contributed by atoms with Gasteiger partial charge in [0.05, 0.1) is 17.7 Å². The van der Waals surface area contributed by atoms with Crippen LogP contribution < -0.4 is 10.3 Å². The topological polar surface area (TPSA) is 101 Å². The van der Waals surface area contributed by atoms with Gasteiger partial charge in [0.15, 0.2) is 0 Å². The summed E-state index contributed by atoms with van der Waals surface area (Å²) < 4.78 is 5.38. The molecule has 1 N–H and O–H groups in total. The van der Waals surface area contributed by atoms with E-state index < -0.39 is 4.92 Å². The van der Waals surface area contributed by atoms with Crippen LogP contribution in [0.1, 0.15) is 22.4 Å². The summed E-state index contributed by atoms with van der Waals surface area (Å²) in [6.45, 7) is 3.63. The first-order chi connectivity index (χ1) is 14.4. The third kappa shape index (κ3) is 3.95. The summed E-state index contributed by atoms with van der Waals surface area (Å²) in [7, 11) is 1.55. The Kier molecular flexibility index (Phi) is 5.33. The van der Waals surface area contributed by atoms with Crippen molar-refractivity contribution in [2.45, 2.75) is 26.4 Å². The van der Waals surface area contributed by atoms with Gasteiger partial charge in [-0.3, -0.25) is 19.8 Å². The van der Waals surface area contributed by atoms with E-state index in [0.717, 1.165) is 22.4 Å². The molecular weight excluding hydrogens is 384 g/mol. The SMILES string of the molecule is COc1ccc([N+](=O)[O-])cc1CN1CCc2c(nc(-c3ccc(C)cc3)[nH]c2=O)C1. The largest absolute Gasteiger partial charge is 0.496 e. The van der Waals surface area contributed by atoms with Crippen molar-refractivity contribution in [3.63, 3.8) is 0 Å². The second-order valence-corrected chi connectivity index (χ2v) is 7.42. The van der Waals surface area contributed by atoms with Gasteiger partial charge < -0.3 is 9.72 Å². The van der Waals surface area contributed by atoms with E-state index in [1.54, 1.807) is 13.2 Å². The number of methoxy groups -OCH3 is 1. The van der Waals surface area contributed by atoms with Crippen LogP contribution in [0.2, 0.25) is 0 Å². The molecule has 154 valence electrons. The number of non-ortho nitro benzene ring substituents is 1. The van der Waals surface area contributed by atoms with Crippen molar-refractivity contribution < 1.29 is 9.66 Å². The number of benzene rings is 2. The highest BCUT2D eigenvalue weighted by atomic mass is 16.6. The number of nitro benzene ring substituents is 1. The third-order valence-corrected chi connectivity index (χ3v) is 5.35. The van der Waals surface area contributed by atoms with Crippen LogP contribution in [0.15, 0.2) is 47.3 Å². The Bertz CT molecular complexity index is 1150. The fraction of sp³-hybridized carbons (Fsp3) is 0.273. The number of nitro groups is 1. The van der Waals surface area contributed by atoms with Gasteiger partial charge in [0.1, 0.15) is 11.6 Å². The van der Waals surface area contributed by atoms with Crippen molar-refractivity contribution in [1.29, 1.82) is 0 Å². The molecule has 0 amide bonds. The summed E-state index contributed by atoms with van der Waals surface area (Å²) in [6.07, 6.45) is 0.573. The Balaban J connectivity index is 1.62. The number of nitrogens with one attached hydrogen (secondary N) is 1. The summed E-state index contributed by atoms with van der Waals surface area (Å²) in [5, 5.41) is 11.1.